The zero-order valence-corrected chi connectivity index (χ0v) is 13.5. The van der Waals surface area contributed by atoms with Crippen molar-refractivity contribution < 1.29 is 14.3 Å². The van der Waals surface area contributed by atoms with E-state index in [-0.39, 0.29) is 6.03 Å². The van der Waals surface area contributed by atoms with Crippen LogP contribution in [0.4, 0.5) is 10.5 Å². The second-order valence-electron chi connectivity index (χ2n) is 5.04. The Bertz CT molecular complexity index is 644. The molecule has 5 nitrogen and oxygen atoms in total. The van der Waals surface area contributed by atoms with Gasteiger partial charge in [-0.2, -0.15) is 0 Å². The van der Waals surface area contributed by atoms with Crippen LogP contribution in [-0.2, 0) is 6.42 Å². The molecule has 2 N–H and O–H groups in total. The summed E-state index contributed by atoms with van der Waals surface area (Å²) >= 11 is 0. The Labute approximate surface area is 136 Å². The van der Waals surface area contributed by atoms with Gasteiger partial charge in [0.15, 0.2) is 0 Å². The number of nitrogens with one attached hydrogen (secondary N) is 2. The van der Waals surface area contributed by atoms with Gasteiger partial charge in [-0.25, -0.2) is 4.79 Å². The Morgan fingerprint density at radius 2 is 1.87 bits per heavy atom. The lowest BCUT2D eigenvalue weighted by Crippen LogP contribution is -2.29. The largest absolute Gasteiger partial charge is 0.497 e. The summed E-state index contributed by atoms with van der Waals surface area (Å²) in [5.41, 5.74) is 1.84. The van der Waals surface area contributed by atoms with Crippen molar-refractivity contribution in [3.63, 3.8) is 0 Å². The van der Waals surface area contributed by atoms with Gasteiger partial charge in [-0.1, -0.05) is 24.3 Å². The van der Waals surface area contributed by atoms with Crippen LogP contribution in [0.3, 0.4) is 0 Å². The monoisotopic (exact) mass is 314 g/mol. The summed E-state index contributed by atoms with van der Waals surface area (Å²) in [5, 5.41) is 5.63. The Morgan fingerprint density at radius 1 is 1.04 bits per heavy atom. The highest BCUT2D eigenvalue weighted by molar-refractivity contribution is 5.90. The summed E-state index contributed by atoms with van der Waals surface area (Å²) in [6, 6.07) is 15.0. The first-order valence-corrected chi connectivity index (χ1v) is 7.53. The maximum absolute atomic E-state index is 11.9. The van der Waals surface area contributed by atoms with Crippen molar-refractivity contribution in [1.82, 2.24) is 5.32 Å². The van der Waals surface area contributed by atoms with Crippen molar-refractivity contribution in [2.45, 2.75) is 12.8 Å². The lowest BCUT2D eigenvalue weighted by molar-refractivity contribution is 0.252. The maximum atomic E-state index is 11.9. The molecule has 2 aromatic carbocycles. The third-order valence-corrected chi connectivity index (χ3v) is 3.42. The molecular formula is C18H22N2O3. The number of carbonyl (C=O) groups excluding carboxylic acids is 1. The lowest BCUT2D eigenvalue weighted by Gasteiger charge is -2.11. The number of benzene rings is 2. The summed E-state index contributed by atoms with van der Waals surface area (Å²) in [5.74, 6) is 1.49. The van der Waals surface area contributed by atoms with E-state index >= 15 is 0 Å². The average Bonchev–Trinajstić information content (AvgIpc) is 2.59. The van der Waals surface area contributed by atoms with Crippen LogP contribution in [0.5, 0.6) is 11.5 Å². The Kier molecular flexibility index (Phi) is 6.29. The van der Waals surface area contributed by atoms with Gasteiger partial charge in [-0.15, -0.1) is 0 Å². The minimum atomic E-state index is -0.236. The highest BCUT2D eigenvalue weighted by atomic mass is 16.5. The van der Waals surface area contributed by atoms with Gasteiger partial charge in [0.25, 0.3) is 0 Å². The predicted molar refractivity (Wildman–Crippen MR) is 91.3 cm³/mol. The van der Waals surface area contributed by atoms with Gasteiger partial charge in [-0.05, 0) is 42.7 Å². The summed E-state index contributed by atoms with van der Waals surface area (Å²) in [4.78, 5) is 11.9. The molecule has 0 aliphatic heterocycles. The van der Waals surface area contributed by atoms with Gasteiger partial charge < -0.3 is 20.1 Å². The molecule has 0 spiro atoms. The molecule has 122 valence electrons. The third-order valence-electron chi connectivity index (χ3n) is 3.42. The van der Waals surface area contributed by atoms with Crippen LogP contribution < -0.4 is 20.1 Å². The van der Waals surface area contributed by atoms with E-state index < -0.39 is 0 Å². The molecule has 0 bridgehead atoms. The normalized spacial score (nSPS) is 10.0. The summed E-state index contributed by atoms with van der Waals surface area (Å²) < 4.78 is 10.4. The highest BCUT2D eigenvalue weighted by Gasteiger charge is 2.05. The van der Waals surface area contributed by atoms with E-state index in [0.717, 1.165) is 18.6 Å². The van der Waals surface area contributed by atoms with Crippen molar-refractivity contribution in [3.05, 3.63) is 54.1 Å². The molecular weight excluding hydrogens is 292 g/mol. The molecule has 2 amide bonds. The van der Waals surface area contributed by atoms with E-state index in [1.807, 2.05) is 30.3 Å². The van der Waals surface area contributed by atoms with E-state index in [1.165, 1.54) is 5.56 Å². The molecule has 0 fully saturated rings. The van der Waals surface area contributed by atoms with Crippen molar-refractivity contribution in [3.8, 4) is 11.5 Å². The number of carbonyl (C=O) groups is 1. The molecule has 2 rings (SSSR count). The van der Waals surface area contributed by atoms with E-state index in [4.69, 9.17) is 9.47 Å². The number of anilines is 1. The molecule has 0 saturated carbocycles. The summed E-state index contributed by atoms with van der Waals surface area (Å²) in [7, 11) is 3.23. The van der Waals surface area contributed by atoms with E-state index in [1.54, 1.807) is 26.4 Å². The first kappa shape index (κ1) is 16.7. The fourth-order valence-corrected chi connectivity index (χ4v) is 2.24. The van der Waals surface area contributed by atoms with E-state index in [9.17, 15) is 4.79 Å². The van der Waals surface area contributed by atoms with Crippen LogP contribution in [0.15, 0.2) is 48.5 Å². The zero-order chi connectivity index (χ0) is 16.5. The SMILES string of the molecule is COc1cccc(CCCNC(=O)Nc2ccccc2OC)c1. The minimum Gasteiger partial charge on any atom is -0.497 e. The van der Waals surface area contributed by atoms with E-state index in [2.05, 4.69) is 16.7 Å². The Hall–Kier alpha value is -2.69. The Morgan fingerprint density at radius 3 is 2.65 bits per heavy atom. The average molecular weight is 314 g/mol. The molecule has 0 aliphatic carbocycles. The summed E-state index contributed by atoms with van der Waals surface area (Å²) in [6.45, 7) is 0.595. The van der Waals surface area contributed by atoms with Crippen LogP contribution in [-0.4, -0.2) is 26.8 Å². The fourth-order valence-electron chi connectivity index (χ4n) is 2.24. The second kappa shape index (κ2) is 8.68. The van der Waals surface area contributed by atoms with Crippen molar-refractivity contribution in [1.29, 1.82) is 0 Å². The molecule has 0 unspecified atom stereocenters. The number of para-hydroxylation sites is 2. The third kappa shape index (κ3) is 5.21. The molecule has 0 aliphatic rings. The quantitative estimate of drug-likeness (QED) is 0.770. The molecule has 5 heteroatoms. The van der Waals surface area contributed by atoms with Crippen LogP contribution in [0.2, 0.25) is 0 Å². The number of amides is 2. The lowest BCUT2D eigenvalue weighted by atomic mass is 10.1. The number of hydrogen-bond acceptors (Lipinski definition) is 3. The fraction of sp³-hybridized carbons (Fsp3) is 0.278. The van der Waals surface area contributed by atoms with Gasteiger partial charge in [0.2, 0.25) is 0 Å². The molecule has 2 aromatic rings. The van der Waals surface area contributed by atoms with Crippen molar-refractivity contribution in [2.24, 2.45) is 0 Å². The first-order chi connectivity index (χ1) is 11.2. The minimum absolute atomic E-state index is 0.236. The van der Waals surface area contributed by atoms with Gasteiger partial charge in [0.05, 0.1) is 19.9 Å². The van der Waals surface area contributed by atoms with Crippen LogP contribution in [0, 0.1) is 0 Å². The van der Waals surface area contributed by atoms with Gasteiger partial charge >= 0.3 is 6.03 Å². The maximum Gasteiger partial charge on any atom is 0.319 e. The van der Waals surface area contributed by atoms with Gasteiger partial charge in [0.1, 0.15) is 11.5 Å². The number of ether oxygens (including phenoxy) is 2. The van der Waals surface area contributed by atoms with Crippen LogP contribution in [0.1, 0.15) is 12.0 Å². The van der Waals surface area contributed by atoms with E-state index in [0.29, 0.717) is 18.0 Å². The molecule has 0 radical (unpaired) electrons. The first-order valence-electron chi connectivity index (χ1n) is 7.53. The number of aryl methyl sites for hydroxylation is 1. The molecule has 23 heavy (non-hydrogen) atoms. The number of methoxy groups -OCH3 is 2. The molecule has 0 heterocycles. The van der Waals surface area contributed by atoms with Gasteiger partial charge in [0, 0.05) is 6.54 Å². The smallest absolute Gasteiger partial charge is 0.319 e. The topological polar surface area (TPSA) is 59.6 Å². The zero-order valence-electron chi connectivity index (χ0n) is 13.5. The molecule has 0 saturated heterocycles. The highest BCUT2D eigenvalue weighted by Crippen LogP contribution is 2.22. The van der Waals surface area contributed by atoms with Crippen molar-refractivity contribution >= 4 is 11.7 Å². The molecule has 0 atom stereocenters. The summed E-state index contributed by atoms with van der Waals surface area (Å²) in [6.07, 6.45) is 1.73. The number of urea groups is 1. The standard InChI is InChI=1S/C18H22N2O3/c1-22-15-9-5-7-14(13-15)8-6-12-19-18(21)20-16-10-3-4-11-17(16)23-2/h3-5,7,9-11,13H,6,8,12H2,1-2H3,(H2,19,20,21). The van der Waals surface area contributed by atoms with Gasteiger partial charge in [-0.3, -0.25) is 0 Å². The predicted octanol–water partition coefficient (Wildman–Crippen LogP) is 3.46. The van der Waals surface area contributed by atoms with Crippen LogP contribution >= 0.6 is 0 Å². The second-order valence-corrected chi connectivity index (χ2v) is 5.04. The van der Waals surface area contributed by atoms with Crippen LogP contribution in [0.25, 0.3) is 0 Å². The number of rotatable bonds is 7. The Balaban J connectivity index is 1.74. The molecule has 0 aromatic heterocycles. The number of hydrogen-bond donors (Lipinski definition) is 2. The van der Waals surface area contributed by atoms with Crippen molar-refractivity contribution in [2.75, 3.05) is 26.1 Å².